The first-order valence-corrected chi connectivity index (χ1v) is 8.02. The van der Waals surface area contributed by atoms with Crippen molar-refractivity contribution >= 4 is 28.6 Å². The van der Waals surface area contributed by atoms with E-state index in [1.54, 1.807) is 0 Å². The molecule has 122 valence electrons. The topological polar surface area (TPSA) is 79.0 Å². The second-order valence-electron chi connectivity index (χ2n) is 5.74. The number of aromatic amines is 1. The Hall–Kier alpha value is -3.02. The lowest BCUT2D eigenvalue weighted by atomic mass is 10.0. The van der Waals surface area contributed by atoms with E-state index in [0.29, 0.717) is 19.6 Å². The molecule has 3 aromatic rings. The summed E-state index contributed by atoms with van der Waals surface area (Å²) in [5.74, 6) is 1.63. The van der Waals surface area contributed by atoms with E-state index in [9.17, 15) is 4.79 Å². The Morgan fingerprint density at radius 1 is 1.17 bits per heavy atom. The third-order valence-corrected chi connectivity index (χ3v) is 4.02. The summed E-state index contributed by atoms with van der Waals surface area (Å²) in [6, 6.07) is 13.7. The fourth-order valence-corrected chi connectivity index (χ4v) is 2.82. The summed E-state index contributed by atoms with van der Waals surface area (Å²) >= 11 is 0. The number of aromatic nitrogens is 2. The van der Waals surface area contributed by atoms with Crippen LogP contribution in [-0.2, 0) is 11.2 Å². The number of rotatable bonds is 5. The molecule has 0 bridgehead atoms. The summed E-state index contributed by atoms with van der Waals surface area (Å²) in [4.78, 5) is 19.0. The SMILES string of the molecule is O=C1CCc2cc(OCCNc3nc4ccccc4[nH]3)ccc2N1. The van der Waals surface area contributed by atoms with Crippen LogP contribution in [0.5, 0.6) is 5.75 Å². The molecule has 3 N–H and O–H groups in total. The van der Waals surface area contributed by atoms with Crippen molar-refractivity contribution in [2.45, 2.75) is 12.8 Å². The minimum Gasteiger partial charge on any atom is -0.492 e. The number of aryl methyl sites for hydroxylation is 1. The highest BCUT2D eigenvalue weighted by molar-refractivity contribution is 5.94. The third-order valence-electron chi connectivity index (χ3n) is 4.02. The molecule has 6 nitrogen and oxygen atoms in total. The number of fused-ring (bicyclic) bond motifs is 2. The van der Waals surface area contributed by atoms with Crippen LogP contribution in [0.4, 0.5) is 11.6 Å². The molecule has 1 aromatic heterocycles. The molecule has 0 radical (unpaired) electrons. The lowest BCUT2D eigenvalue weighted by molar-refractivity contribution is -0.116. The van der Waals surface area contributed by atoms with Crippen LogP contribution in [0.3, 0.4) is 0 Å². The number of nitrogens with one attached hydrogen (secondary N) is 3. The maximum atomic E-state index is 11.4. The van der Waals surface area contributed by atoms with Crippen molar-refractivity contribution in [1.29, 1.82) is 0 Å². The van der Waals surface area contributed by atoms with Gasteiger partial charge in [-0.2, -0.15) is 0 Å². The van der Waals surface area contributed by atoms with Gasteiger partial charge in [0.05, 0.1) is 17.6 Å². The highest BCUT2D eigenvalue weighted by Gasteiger charge is 2.14. The van der Waals surface area contributed by atoms with Gasteiger partial charge < -0.3 is 20.4 Å². The molecule has 0 aliphatic carbocycles. The predicted octanol–water partition coefficient (Wildman–Crippen LogP) is 2.94. The molecule has 24 heavy (non-hydrogen) atoms. The number of ether oxygens (including phenoxy) is 1. The second-order valence-corrected chi connectivity index (χ2v) is 5.74. The van der Waals surface area contributed by atoms with Gasteiger partial charge in [-0.3, -0.25) is 4.79 Å². The standard InChI is InChI=1S/C18H18N4O2/c23-17-8-5-12-11-13(6-7-14(12)20-17)24-10-9-19-18-21-15-3-1-2-4-16(15)22-18/h1-4,6-7,11H,5,8-10H2,(H,20,23)(H2,19,21,22). The van der Waals surface area contributed by atoms with Gasteiger partial charge in [0.25, 0.3) is 0 Å². The van der Waals surface area contributed by atoms with Gasteiger partial charge >= 0.3 is 0 Å². The lowest BCUT2D eigenvalue weighted by Gasteiger charge is -2.17. The van der Waals surface area contributed by atoms with E-state index in [4.69, 9.17) is 4.74 Å². The Labute approximate surface area is 139 Å². The molecule has 2 aromatic carbocycles. The minimum absolute atomic E-state index is 0.0752. The molecule has 1 aliphatic rings. The third kappa shape index (κ3) is 3.03. The van der Waals surface area contributed by atoms with Gasteiger partial charge in [-0.25, -0.2) is 4.98 Å². The Balaban J connectivity index is 1.32. The van der Waals surface area contributed by atoms with Crippen molar-refractivity contribution in [2.75, 3.05) is 23.8 Å². The molecule has 0 atom stereocenters. The maximum Gasteiger partial charge on any atom is 0.224 e. The second kappa shape index (κ2) is 6.23. The number of hydrogen-bond donors (Lipinski definition) is 3. The number of imidazole rings is 1. The maximum absolute atomic E-state index is 11.4. The largest absolute Gasteiger partial charge is 0.492 e. The van der Waals surface area contributed by atoms with E-state index in [1.165, 1.54) is 0 Å². The minimum atomic E-state index is 0.0752. The van der Waals surface area contributed by atoms with E-state index in [0.717, 1.165) is 40.4 Å². The van der Waals surface area contributed by atoms with Crippen LogP contribution in [-0.4, -0.2) is 29.0 Å². The number of anilines is 2. The first-order chi connectivity index (χ1) is 11.8. The summed E-state index contributed by atoms with van der Waals surface area (Å²) in [6.07, 6.45) is 1.29. The number of H-pyrrole nitrogens is 1. The fourth-order valence-electron chi connectivity index (χ4n) is 2.82. The van der Waals surface area contributed by atoms with Crippen molar-refractivity contribution in [3.63, 3.8) is 0 Å². The molecule has 0 spiro atoms. The van der Waals surface area contributed by atoms with Crippen LogP contribution in [0.15, 0.2) is 42.5 Å². The summed E-state index contributed by atoms with van der Waals surface area (Å²) in [5, 5.41) is 6.09. The molecule has 1 amide bonds. The fraction of sp³-hybridized carbons (Fsp3) is 0.222. The highest BCUT2D eigenvalue weighted by Crippen LogP contribution is 2.26. The molecule has 4 rings (SSSR count). The van der Waals surface area contributed by atoms with Gasteiger partial charge in [0, 0.05) is 12.1 Å². The molecule has 0 saturated heterocycles. The normalized spacial score (nSPS) is 13.4. The Morgan fingerprint density at radius 2 is 2.08 bits per heavy atom. The van der Waals surface area contributed by atoms with E-state index >= 15 is 0 Å². The molecule has 1 aliphatic heterocycles. The van der Waals surface area contributed by atoms with Gasteiger partial charge in [0.1, 0.15) is 12.4 Å². The van der Waals surface area contributed by atoms with Crippen LogP contribution in [0, 0.1) is 0 Å². The smallest absolute Gasteiger partial charge is 0.224 e. The van der Waals surface area contributed by atoms with E-state index in [-0.39, 0.29) is 5.91 Å². The van der Waals surface area contributed by atoms with Crippen LogP contribution in [0.2, 0.25) is 0 Å². The molecule has 0 unspecified atom stereocenters. The number of carbonyl (C=O) groups is 1. The Bertz CT molecular complexity index is 855. The van der Waals surface area contributed by atoms with Crippen molar-refractivity contribution in [1.82, 2.24) is 9.97 Å². The van der Waals surface area contributed by atoms with Gasteiger partial charge in [0.2, 0.25) is 11.9 Å². The first kappa shape index (κ1) is 14.6. The van der Waals surface area contributed by atoms with Crippen LogP contribution in [0.1, 0.15) is 12.0 Å². The van der Waals surface area contributed by atoms with Gasteiger partial charge in [-0.05, 0) is 42.3 Å². The van der Waals surface area contributed by atoms with Crippen LogP contribution in [0.25, 0.3) is 11.0 Å². The number of amides is 1. The number of hydrogen-bond acceptors (Lipinski definition) is 4. The number of nitrogens with zero attached hydrogens (tertiary/aromatic N) is 1. The first-order valence-electron chi connectivity index (χ1n) is 8.02. The molecular formula is C18H18N4O2. The van der Waals surface area contributed by atoms with Gasteiger partial charge in [0.15, 0.2) is 0 Å². The van der Waals surface area contributed by atoms with Crippen LogP contribution >= 0.6 is 0 Å². The van der Waals surface area contributed by atoms with Gasteiger partial charge in [-0.15, -0.1) is 0 Å². The number of benzene rings is 2. The Morgan fingerprint density at radius 3 is 3.00 bits per heavy atom. The summed E-state index contributed by atoms with van der Waals surface area (Å²) in [7, 11) is 0. The molecule has 0 saturated carbocycles. The number of carbonyl (C=O) groups excluding carboxylic acids is 1. The molecule has 0 fully saturated rings. The van der Waals surface area contributed by atoms with Crippen molar-refractivity contribution in [3.05, 3.63) is 48.0 Å². The van der Waals surface area contributed by atoms with E-state index in [2.05, 4.69) is 20.6 Å². The summed E-state index contributed by atoms with van der Waals surface area (Å²) in [6.45, 7) is 1.18. The molecule has 6 heteroatoms. The van der Waals surface area contributed by atoms with Crippen molar-refractivity contribution in [2.24, 2.45) is 0 Å². The monoisotopic (exact) mass is 322 g/mol. The molecular weight excluding hydrogens is 304 g/mol. The summed E-state index contributed by atoms with van der Waals surface area (Å²) in [5.41, 5.74) is 3.96. The van der Waals surface area contributed by atoms with E-state index < -0.39 is 0 Å². The molecule has 2 heterocycles. The average Bonchev–Trinajstić information content (AvgIpc) is 3.01. The number of para-hydroxylation sites is 2. The zero-order valence-corrected chi connectivity index (χ0v) is 13.1. The van der Waals surface area contributed by atoms with Gasteiger partial charge in [-0.1, -0.05) is 12.1 Å². The highest BCUT2D eigenvalue weighted by atomic mass is 16.5. The predicted molar refractivity (Wildman–Crippen MR) is 93.5 cm³/mol. The van der Waals surface area contributed by atoms with E-state index in [1.807, 2.05) is 42.5 Å². The lowest BCUT2D eigenvalue weighted by Crippen LogP contribution is -2.19. The van der Waals surface area contributed by atoms with Crippen molar-refractivity contribution < 1.29 is 9.53 Å². The van der Waals surface area contributed by atoms with Crippen molar-refractivity contribution in [3.8, 4) is 5.75 Å². The average molecular weight is 322 g/mol. The zero-order valence-electron chi connectivity index (χ0n) is 13.1. The Kier molecular flexibility index (Phi) is 3.78. The van der Waals surface area contributed by atoms with Crippen LogP contribution < -0.4 is 15.4 Å². The quantitative estimate of drug-likeness (QED) is 0.631. The zero-order chi connectivity index (χ0) is 16.4. The summed E-state index contributed by atoms with van der Waals surface area (Å²) < 4.78 is 5.78.